The van der Waals surface area contributed by atoms with Crippen molar-refractivity contribution >= 4 is 50.4 Å². The third kappa shape index (κ3) is 19.1. The highest BCUT2D eigenvalue weighted by molar-refractivity contribution is 6.88. The molecule has 0 aromatic carbocycles. The van der Waals surface area contributed by atoms with Crippen LogP contribution in [-0.2, 0) is 16.5 Å². The summed E-state index contributed by atoms with van der Waals surface area (Å²) in [5, 5.41) is 20.9. The molecule has 0 rings (SSSR count). The van der Waals surface area contributed by atoms with Gasteiger partial charge in [-0.1, -0.05) is 26.7 Å². The molecule has 0 aromatic rings. The Morgan fingerprint density at radius 3 is 0.897 bits per heavy atom. The average molecular weight is 657 g/mol. The summed E-state index contributed by atoms with van der Waals surface area (Å²) in [4.78, 5) is 0. The molecule has 0 saturated heterocycles. The fourth-order valence-corrected chi connectivity index (χ4v) is 31.9. The molecule has 0 heterocycles. The maximum absolute atomic E-state index is 10.5. The second-order valence-electron chi connectivity index (χ2n) is 16.6. The Morgan fingerprint density at radius 1 is 0.487 bits per heavy atom. The van der Waals surface area contributed by atoms with E-state index in [9.17, 15) is 10.2 Å². The summed E-state index contributed by atoms with van der Waals surface area (Å²) in [6.07, 6.45) is 3.52. The number of rotatable bonds is 20. The molecular weight excluding hydrogens is 589 g/mol. The highest BCUT2D eigenvalue weighted by Crippen LogP contribution is 2.37. The summed E-state index contributed by atoms with van der Waals surface area (Å²) >= 11 is 0. The summed E-state index contributed by atoms with van der Waals surface area (Å²) < 4.78 is 26.9. The van der Waals surface area contributed by atoms with E-state index in [1.165, 1.54) is 0 Å². The third-order valence-electron chi connectivity index (χ3n) is 6.53. The summed E-state index contributed by atoms with van der Waals surface area (Å²) in [5.74, 6) is 0.825. The minimum atomic E-state index is -2.32. The molecule has 39 heavy (non-hydrogen) atoms. The second-order valence-corrected chi connectivity index (χ2v) is 42.2. The van der Waals surface area contributed by atoms with E-state index in [1.54, 1.807) is 0 Å². The zero-order valence-corrected chi connectivity index (χ0v) is 34.8. The highest BCUT2D eigenvalue weighted by atomic mass is 28.5. The van der Waals surface area contributed by atoms with Crippen molar-refractivity contribution in [1.82, 2.24) is 0 Å². The zero-order chi connectivity index (χ0) is 31.1. The van der Waals surface area contributed by atoms with Gasteiger partial charge in [0.1, 0.15) is 0 Å². The molecule has 0 fully saturated rings. The fourth-order valence-electron chi connectivity index (χ4n) is 5.87. The molecule has 236 valence electrons. The first-order valence-corrected chi connectivity index (χ1v) is 33.9. The predicted molar refractivity (Wildman–Crippen MR) is 184 cm³/mol. The van der Waals surface area contributed by atoms with E-state index in [4.69, 9.17) is 16.5 Å². The number of hydrogen-bond donors (Lipinski definition) is 2. The smallest absolute Gasteiger partial charge is 0.314 e. The molecule has 0 aliphatic heterocycles. The molecule has 0 aromatic heterocycles. The van der Waals surface area contributed by atoms with Crippen LogP contribution in [0.1, 0.15) is 39.5 Å². The molecule has 12 heteroatoms. The van der Waals surface area contributed by atoms with Crippen LogP contribution < -0.4 is 0 Å². The topological polar surface area (TPSA) is 77.4 Å². The van der Waals surface area contributed by atoms with E-state index in [1.807, 2.05) is 0 Å². The van der Waals surface area contributed by atoms with Gasteiger partial charge in [-0.3, -0.25) is 0 Å². The normalized spacial score (nSPS) is 16.5. The summed E-state index contributed by atoms with van der Waals surface area (Å²) in [5.41, 5.74) is -0.461. The molecular formula is C27H68O6Si6. The Kier molecular flexibility index (Phi) is 15.6. The van der Waals surface area contributed by atoms with E-state index in [0.717, 1.165) is 37.8 Å². The standard InChI is InChI=1S/C27H68O6Si6/c1-25(21-38(15,30-34(3,4)5)31-35(6,7)8)17-19-27(23-28,24-29)20-18-26(2)22-39(16,32-36(9,10)11)33-37(12,13)14/h25-26,28-29H,17-24H2,1-16H3. The fraction of sp³-hybridized carbons (Fsp3) is 1.00. The first-order chi connectivity index (χ1) is 17.2. The van der Waals surface area contributed by atoms with Crippen LogP contribution in [-0.4, -0.2) is 73.8 Å². The Hall–Kier alpha value is 1.06. The van der Waals surface area contributed by atoms with Crippen molar-refractivity contribution in [2.75, 3.05) is 13.2 Å². The van der Waals surface area contributed by atoms with Gasteiger partial charge in [0.2, 0.25) is 0 Å². The minimum absolute atomic E-state index is 0.0138. The Morgan fingerprint density at radius 2 is 0.718 bits per heavy atom. The van der Waals surface area contributed by atoms with Crippen LogP contribution in [0.15, 0.2) is 0 Å². The molecule has 0 saturated carbocycles. The van der Waals surface area contributed by atoms with Gasteiger partial charge in [-0.05, 0) is 128 Å². The first kappa shape index (κ1) is 40.1. The van der Waals surface area contributed by atoms with E-state index in [0.29, 0.717) is 11.8 Å². The van der Waals surface area contributed by atoms with Crippen LogP contribution >= 0.6 is 0 Å². The lowest BCUT2D eigenvalue weighted by Gasteiger charge is -2.41. The van der Waals surface area contributed by atoms with Crippen LogP contribution in [0.3, 0.4) is 0 Å². The van der Waals surface area contributed by atoms with Crippen molar-refractivity contribution in [3.05, 3.63) is 0 Å². The van der Waals surface area contributed by atoms with Gasteiger partial charge in [-0.2, -0.15) is 0 Å². The quantitative estimate of drug-likeness (QED) is 0.128. The van der Waals surface area contributed by atoms with Gasteiger partial charge in [0.15, 0.2) is 33.3 Å². The molecule has 2 unspecified atom stereocenters. The van der Waals surface area contributed by atoms with Gasteiger partial charge in [0, 0.05) is 5.41 Å². The van der Waals surface area contributed by atoms with Crippen LogP contribution in [0.5, 0.6) is 0 Å². The van der Waals surface area contributed by atoms with E-state index < -0.39 is 55.8 Å². The molecule has 2 N–H and O–H groups in total. The molecule has 0 spiro atoms. The molecule has 0 radical (unpaired) electrons. The molecule has 0 aliphatic rings. The third-order valence-corrected chi connectivity index (χ3v) is 26.1. The first-order valence-electron chi connectivity index (χ1n) is 15.2. The van der Waals surface area contributed by atoms with Crippen molar-refractivity contribution < 1.29 is 26.7 Å². The summed E-state index contributed by atoms with van der Waals surface area (Å²) in [6, 6.07) is 1.91. The number of aliphatic hydroxyl groups excluding tert-OH is 2. The molecule has 0 bridgehead atoms. The molecule has 2 atom stereocenters. The van der Waals surface area contributed by atoms with Gasteiger partial charge in [0.05, 0.1) is 13.2 Å². The lowest BCUT2D eigenvalue weighted by molar-refractivity contribution is 0.0309. The Balaban J connectivity index is 5.40. The largest absolute Gasteiger partial charge is 0.437 e. The SMILES string of the molecule is CC(CCC(CO)(CO)CCC(C)C[Si](C)(O[Si](C)(C)C)O[Si](C)(C)C)C[Si](C)(O[Si](C)(C)C)O[Si](C)(C)C. The molecule has 0 aliphatic carbocycles. The van der Waals surface area contributed by atoms with Gasteiger partial charge in [0.25, 0.3) is 0 Å². The van der Waals surface area contributed by atoms with E-state index in [-0.39, 0.29) is 13.2 Å². The predicted octanol–water partition coefficient (Wildman–Crippen LogP) is 8.34. The monoisotopic (exact) mass is 656 g/mol. The maximum Gasteiger partial charge on any atom is 0.314 e. The van der Waals surface area contributed by atoms with Crippen molar-refractivity contribution in [1.29, 1.82) is 0 Å². The van der Waals surface area contributed by atoms with Gasteiger partial charge < -0.3 is 26.7 Å². The lowest BCUT2D eigenvalue weighted by atomic mass is 9.77. The maximum atomic E-state index is 10.5. The highest BCUT2D eigenvalue weighted by Gasteiger charge is 2.43. The van der Waals surface area contributed by atoms with Crippen molar-refractivity contribution in [3.8, 4) is 0 Å². The molecule has 0 amide bonds. The van der Waals surface area contributed by atoms with Crippen molar-refractivity contribution in [2.45, 2.75) is 143 Å². The Labute approximate surface area is 250 Å². The number of aliphatic hydroxyl groups is 2. The lowest BCUT2D eigenvalue weighted by Crippen LogP contribution is -2.53. The van der Waals surface area contributed by atoms with E-state index >= 15 is 0 Å². The summed E-state index contributed by atoms with van der Waals surface area (Å²) in [6.45, 7) is 36.1. The van der Waals surface area contributed by atoms with Crippen LogP contribution in [0.25, 0.3) is 0 Å². The summed E-state index contributed by atoms with van der Waals surface area (Å²) in [7, 11) is -11.6. The van der Waals surface area contributed by atoms with Gasteiger partial charge in [-0.15, -0.1) is 0 Å². The van der Waals surface area contributed by atoms with Crippen LogP contribution in [0.2, 0.25) is 104 Å². The number of hydrogen-bond acceptors (Lipinski definition) is 6. The average Bonchev–Trinajstić information content (AvgIpc) is 2.61. The van der Waals surface area contributed by atoms with Gasteiger partial charge >= 0.3 is 17.1 Å². The molecule has 6 nitrogen and oxygen atoms in total. The van der Waals surface area contributed by atoms with Gasteiger partial charge in [-0.25, -0.2) is 0 Å². The minimum Gasteiger partial charge on any atom is -0.437 e. The second kappa shape index (κ2) is 15.2. The van der Waals surface area contributed by atoms with Crippen molar-refractivity contribution in [2.24, 2.45) is 17.3 Å². The van der Waals surface area contributed by atoms with Crippen molar-refractivity contribution in [3.63, 3.8) is 0 Å². The van der Waals surface area contributed by atoms with Crippen LogP contribution in [0.4, 0.5) is 0 Å². The van der Waals surface area contributed by atoms with E-state index in [2.05, 4.69) is 106 Å². The van der Waals surface area contributed by atoms with Crippen LogP contribution in [0, 0.1) is 17.3 Å². The zero-order valence-electron chi connectivity index (χ0n) is 28.8. The Bertz CT molecular complexity index is 620.